The van der Waals surface area contributed by atoms with Crippen LogP contribution in [0.25, 0.3) is 0 Å². The predicted octanol–water partition coefficient (Wildman–Crippen LogP) is 4.13. The van der Waals surface area contributed by atoms with E-state index in [1.165, 1.54) is 38.5 Å². The summed E-state index contributed by atoms with van der Waals surface area (Å²) >= 11 is 0. The average molecular weight is 220 g/mol. The van der Waals surface area contributed by atoms with Crippen LogP contribution in [-0.2, 0) is 4.79 Å². The summed E-state index contributed by atoms with van der Waals surface area (Å²) in [6.45, 7) is 5.81. The van der Waals surface area contributed by atoms with Crippen molar-refractivity contribution in [3.63, 3.8) is 0 Å². The molecule has 0 saturated heterocycles. The highest BCUT2D eigenvalue weighted by atomic mass is 16.1. The lowest BCUT2D eigenvalue weighted by Gasteiger charge is -2.38. The Morgan fingerprint density at radius 2 is 1.81 bits per heavy atom. The minimum Gasteiger partial charge on any atom is -0.299 e. The number of rotatable bonds is 3. The molecule has 0 aromatic rings. The van der Waals surface area contributed by atoms with E-state index in [4.69, 9.17) is 0 Å². The van der Waals surface area contributed by atoms with Crippen molar-refractivity contribution >= 4 is 5.78 Å². The first kappa shape index (κ1) is 11.9. The summed E-state index contributed by atoms with van der Waals surface area (Å²) in [4.78, 5) is 12.0. The molecule has 0 aliphatic heterocycles. The molecule has 0 heterocycles. The zero-order valence-electron chi connectivity index (χ0n) is 10.5. The van der Waals surface area contributed by atoms with Gasteiger partial charge in [0, 0.05) is 12.3 Å². The van der Waals surface area contributed by atoms with Gasteiger partial charge in [0.05, 0.1) is 0 Å². The molecule has 0 radical (unpaired) electrons. The van der Waals surface area contributed by atoms with Crippen LogP contribution in [0.1, 0.15) is 58.3 Å². The van der Waals surface area contributed by atoms with Crippen LogP contribution in [-0.4, -0.2) is 5.78 Å². The average Bonchev–Trinajstić information content (AvgIpc) is 2.27. The van der Waals surface area contributed by atoms with Gasteiger partial charge in [-0.2, -0.15) is 0 Å². The molecule has 1 nitrogen and oxygen atoms in total. The smallest absolute Gasteiger partial charge is 0.139 e. The number of fused-ring (bicyclic) bond motifs is 1. The molecule has 1 heteroatoms. The molecule has 0 spiro atoms. The van der Waals surface area contributed by atoms with Crippen molar-refractivity contribution in [1.29, 1.82) is 0 Å². The van der Waals surface area contributed by atoms with Crippen LogP contribution in [0, 0.1) is 17.8 Å². The van der Waals surface area contributed by atoms with E-state index in [1.807, 2.05) is 6.92 Å². The van der Waals surface area contributed by atoms with Crippen molar-refractivity contribution in [2.24, 2.45) is 17.8 Å². The molecule has 0 bridgehead atoms. The van der Waals surface area contributed by atoms with E-state index < -0.39 is 0 Å². The van der Waals surface area contributed by atoms with E-state index >= 15 is 0 Å². The first-order valence-corrected chi connectivity index (χ1v) is 6.84. The Kier molecular flexibility index (Phi) is 3.83. The highest BCUT2D eigenvalue weighted by Crippen LogP contribution is 2.43. The lowest BCUT2D eigenvalue weighted by molar-refractivity contribution is -0.124. The van der Waals surface area contributed by atoms with Gasteiger partial charge in [-0.3, -0.25) is 4.79 Å². The van der Waals surface area contributed by atoms with E-state index in [1.54, 1.807) is 0 Å². The number of Topliss-reactive ketones (excluding diaryl/α,β-unsaturated/α-hetero) is 1. The van der Waals surface area contributed by atoms with Crippen LogP contribution >= 0.6 is 0 Å². The molecule has 16 heavy (non-hydrogen) atoms. The molecular formula is C15H24O. The third-order valence-corrected chi connectivity index (χ3v) is 4.47. The van der Waals surface area contributed by atoms with Gasteiger partial charge in [0.2, 0.25) is 0 Å². The largest absolute Gasteiger partial charge is 0.299 e. The Bertz CT molecular complexity index is 279. The van der Waals surface area contributed by atoms with Gasteiger partial charge in [0.15, 0.2) is 0 Å². The maximum Gasteiger partial charge on any atom is 0.139 e. The van der Waals surface area contributed by atoms with Crippen molar-refractivity contribution in [2.45, 2.75) is 58.3 Å². The quantitative estimate of drug-likeness (QED) is 0.654. The second kappa shape index (κ2) is 5.16. The number of allylic oxidation sites excluding steroid dienone is 1. The maximum absolute atomic E-state index is 12.0. The Labute approximate surface area is 99.3 Å². The highest BCUT2D eigenvalue weighted by Gasteiger charge is 2.34. The predicted molar refractivity (Wildman–Crippen MR) is 67.2 cm³/mol. The van der Waals surface area contributed by atoms with Crippen molar-refractivity contribution < 1.29 is 4.79 Å². The SMILES string of the molecule is C=C(C)CC(=O)C1CCC2CCCCC2C1. The lowest BCUT2D eigenvalue weighted by atomic mass is 9.66. The number of carbonyl (C=O) groups excluding carboxylic acids is 1. The van der Waals surface area contributed by atoms with Gasteiger partial charge in [-0.05, 0) is 38.0 Å². The molecule has 3 atom stereocenters. The van der Waals surface area contributed by atoms with E-state index in [2.05, 4.69) is 6.58 Å². The Morgan fingerprint density at radius 1 is 1.12 bits per heavy atom. The summed E-state index contributed by atoms with van der Waals surface area (Å²) in [5.41, 5.74) is 1.02. The number of hydrogen-bond donors (Lipinski definition) is 0. The van der Waals surface area contributed by atoms with Gasteiger partial charge < -0.3 is 0 Å². The standard InChI is InChI=1S/C15H24O/c1-11(2)9-15(16)14-8-7-12-5-3-4-6-13(12)10-14/h12-14H,1,3-10H2,2H3. The van der Waals surface area contributed by atoms with Crippen LogP contribution < -0.4 is 0 Å². The van der Waals surface area contributed by atoms with Gasteiger partial charge in [-0.15, -0.1) is 0 Å². The number of hydrogen-bond acceptors (Lipinski definition) is 1. The molecule has 2 fully saturated rings. The Hall–Kier alpha value is -0.590. The third kappa shape index (κ3) is 2.75. The zero-order valence-corrected chi connectivity index (χ0v) is 10.5. The fraction of sp³-hybridized carbons (Fsp3) is 0.800. The molecule has 90 valence electrons. The Morgan fingerprint density at radius 3 is 2.50 bits per heavy atom. The molecule has 2 rings (SSSR count). The van der Waals surface area contributed by atoms with E-state index in [0.29, 0.717) is 18.1 Å². The molecule has 0 N–H and O–H groups in total. The minimum absolute atomic E-state index is 0.357. The van der Waals surface area contributed by atoms with E-state index in [0.717, 1.165) is 23.8 Å². The molecular weight excluding hydrogens is 196 g/mol. The second-order valence-electron chi connectivity index (χ2n) is 5.91. The molecule has 0 aromatic heterocycles. The Balaban J connectivity index is 1.89. The first-order valence-electron chi connectivity index (χ1n) is 6.84. The van der Waals surface area contributed by atoms with Crippen molar-refractivity contribution in [3.05, 3.63) is 12.2 Å². The summed E-state index contributed by atoms with van der Waals surface area (Å²) in [6.07, 6.45) is 9.85. The molecule has 3 unspecified atom stereocenters. The minimum atomic E-state index is 0.357. The van der Waals surface area contributed by atoms with Crippen molar-refractivity contribution in [3.8, 4) is 0 Å². The van der Waals surface area contributed by atoms with Gasteiger partial charge in [0.1, 0.15) is 5.78 Å². The zero-order chi connectivity index (χ0) is 11.5. The molecule has 2 saturated carbocycles. The summed E-state index contributed by atoms with van der Waals surface area (Å²) < 4.78 is 0. The number of ketones is 1. The molecule has 2 aliphatic rings. The highest BCUT2D eigenvalue weighted by molar-refractivity contribution is 5.83. The van der Waals surface area contributed by atoms with Gasteiger partial charge >= 0.3 is 0 Å². The molecule has 2 aliphatic carbocycles. The van der Waals surface area contributed by atoms with Crippen LogP contribution in [0.15, 0.2) is 12.2 Å². The van der Waals surface area contributed by atoms with Gasteiger partial charge in [-0.25, -0.2) is 0 Å². The topological polar surface area (TPSA) is 17.1 Å². The normalized spacial score (nSPS) is 34.2. The molecule has 0 aromatic carbocycles. The second-order valence-corrected chi connectivity index (χ2v) is 5.91. The third-order valence-electron chi connectivity index (χ3n) is 4.47. The van der Waals surface area contributed by atoms with Crippen LogP contribution in [0.2, 0.25) is 0 Å². The maximum atomic E-state index is 12.0. The summed E-state index contributed by atoms with van der Waals surface area (Å²) in [5, 5.41) is 0. The van der Waals surface area contributed by atoms with Crippen molar-refractivity contribution in [1.82, 2.24) is 0 Å². The lowest BCUT2D eigenvalue weighted by Crippen LogP contribution is -2.31. The van der Waals surface area contributed by atoms with Gasteiger partial charge in [-0.1, -0.05) is 37.8 Å². The van der Waals surface area contributed by atoms with Crippen LogP contribution in [0.3, 0.4) is 0 Å². The molecule has 0 amide bonds. The first-order chi connectivity index (χ1) is 7.66. The fourth-order valence-electron chi connectivity index (χ4n) is 3.61. The monoisotopic (exact) mass is 220 g/mol. The summed E-state index contributed by atoms with van der Waals surface area (Å²) in [5.74, 6) is 2.62. The fourth-order valence-corrected chi connectivity index (χ4v) is 3.61. The van der Waals surface area contributed by atoms with Crippen LogP contribution in [0.5, 0.6) is 0 Å². The van der Waals surface area contributed by atoms with Crippen LogP contribution in [0.4, 0.5) is 0 Å². The van der Waals surface area contributed by atoms with E-state index in [-0.39, 0.29) is 0 Å². The van der Waals surface area contributed by atoms with Gasteiger partial charge in [0.25, 0.3) is 0 Å². The van der Waals surface area contributed by atoms with Crippen molar-refractivity contribution in [2.75, 3.05) is 0 Å². The summed E-state index contributed by atoms with van der Waals surface area (Å²) in [7, 11) is 0. The summed E-state index contributed by atoms with van der Waals surface area (Å²) in [6, 6.07) is 0. The number of carbonyl (C=O) groups is 1. The van der Waals surface area contributed by atoms with E-state index in [9.17, 15) is 4.79 Å².